The Kier molecular flexibility index (Phi) is 8.38. The van der Waals surface area contributed by atoms with Crippen LogP contribution in [0.25, 0.3) is 17.0 Å². The Morgan fingerprint density at radius 3 is 2.33 bits per heavy atom. The van der Waals surface area contributed by atoms with Crippen LogP contribution in [0.4, 0.5) is 5.69 Å². The maximum atomic E-state index is 14.5. The minimum Gasteiger partial charge on any atom is -0.493 e. The number of carbonyl (C=O) groups excluding carboxylic acids is 1. The van der Waals surface area contributed by atoms with Gasteiger partial charge in [-0.3, -0.25) is 14.2 Å². The van der Waals surface area contributed by atoms with Crippen molar-refractivity contribution in [2.75, 3.05) is 26.6 Å². The van der Waals surface area contributed by atoms with Gasteiger partial charge in [-0.15, -0.1) is 6.58 Å². The molecule has 1 aliphatic heterocycles. The van der Waals surface area contributed by atoms with Crippen LogP contribution in [0.5, 0.6) is 17.2 Å². The lowest BCUT2D eigenvalue weighted by Crippen LogP contribution is -2.40. The molecule has 0 bridgehead atoms. The predicted octanol–water partition coefficient (Wildman–Crippen LogP) is 5.35. The number of benzene rings is 3. The summed E-state index contributed by atoms with van der Waals surface area (Å²) >= 11 is 1.29. The largest absolute Gasteiger partial charge is 0.493 e. The zero-order valence-corrected chi connectivity index (χ0v) is 27.1. The molecule has 3 heterocycles. The third-order valence-corrected chi connectivity index (χ3v) is 9.15. The van der Waals surface area contributed by atoms with Crippen LogP contribution in [0.2, 0.25) is 0 Å². The van der Waals surface area contributed by atoms with E-state index in [4.69, 9.17) is 19.2 Å². The van der Waals surface area contributed by atoms with Gasteiger partial charge < -0.3 is 24.1 Å². The zero-order valence-electron chi connectivity index (χ0n) is 26.3. The van der Waals surface area contributed by atoms with E-state index in [1.54, 1.807) is 23.6 Å². The van der Waals surface area contributed by atoms with Gasteiger partial charge in [0.05, 0.1) is 43.2 Å². The van der Waals surface area contributed by atoms with Crippen LogP contribution >= 0.6 is 11.3 Å². The van der Waals surface area contributed by atoms with Gasteiger partial charge in [0.1, 0.15) is 0 Å². The minimum absolute atomic E-state index is 0.264. The lowest BCUT2D eigenvalue weighted by molar-refractivity contribution is -0.113. The monoisotopic (exact) mass is 634 g/mol. The molecule has 0 spiro atoms. The van der Waals surface area contributed by atoms with Gasteiger partial charge in [0.25, 0.3) is 11.5 Å². The van der Waals surface area contributed by atoms with E-state index in [0.717, 1.165) is 22.2 Å². The van der Waals surface area contributed by atoms with Gasteiger partial charge in [0.2, 0.25) is 5.75 Å². The highest BCUT2D eigenvalue weighted by atomic mass is 32.1. The second-order valence-electron chi connectivity index (χ2n) is 10.8. The van der Waals surface area contributed by atoms with Crippen LogP contribution in [0.3, 0.4) is 0 Å². The second kappa shape index (κ2) is 12.6. The molecule has 2 aromatic heterocycles. The van der Waals surface area contributed by atoms with Crippen LogP contribution in [0.1, 0.15) is 29.8 Å². The predicted molar refractivity (Wildman–Crippen MR) is 182 cm³/mol. The fourth-order valence-electron chi connectivity index (χ4n) is 6.04. The molecule has 0 unspecified atom stereocenters. The first kappa shape index (κ1) is 30.7. The van der Waals surface area contributed by atoms with Gasteiger partial charge in [-0.05, 0) is 55.8 Å². The smallest absolute Gasteiger partial charge is 0.271 e. The van der Waals surface area contributed by atoms with E-state index >= 15 is 0 Å². The number of nitrogens with one attached hydrogen (secondary N) is 1. The molecule has 46 heavy (non-hydrogen) atoms. The van der Waals surface area contributed by atoms with Crippen molar-refractivity contribution < 1.29 is 19.0 Å². The van der Waals surface area contributed by atoms with Crippen LogP contribution in [-0.2, 0) is 11.3 Å². The third-order valence-electron chi connectivity index (χ3n) is 8.17. The van der Waals surface area contributed by atoms with Crippen molar-refractivity contribution in [2.45, 2.75) is 26.4 Å². The topological polar surface area (TPSA) is 96.1 Å². The number of ether oxygens (including phenoxy) is 3. The van der Waals surface area contributed by atoms with Crippen LogP contribution in [0, 0.1) is 6.92 Å². The fraction of sp³-hybridized carbons (Fsp3) is 0.194. The molecule has 0 fully saturated rings. The molecule has 1 amide bonds. The molecule has 0 radical (unpaired) electrons. The summed E-state index contributed by atoms with van der Waals surface area (Å²) in [6, 6.07) is 20.0. The molecule has 1 atom stereocenters. The maximum Gasteiger partial charge on any atom is 0.271 e. The summed E-state index contributed by atoms with van der Waals surface area (Å²) < 4.78 is 21.2. The number of nitrogens with zero attached hydrogens (tertiary/aromatic N) is 3. The van der Waals surface area contributed by atoms with Crippen molar-refractivity contribution >= 4 is 39.9 Å². The van der Waals surface area contributed by atoms with Gasteiger partial charge in [-0.25, -0.2) is 4.99 Å². The zero-order chi connectivity index (χ0) is 32.5. The van der Waals surface area contributed by atoms with Crippen molar-refractivity contribution in [2.24, 2.45) is 4.99 Å². The molecule has 6 rings (SSSR count). The summed E-state index contributed by atoms with van der Waals surface area (Å²) in [5.74, 6) is 0.844. The molecule has 1 N–H and O–H groups in total. The molecule has 3 aromatic carbocycles. The van der Waals surface area contributed by atoms with E-state index < -0.39 is 6.04 Å². The van der Waals surface area contributed by atoms with Gasteiger partial charge >= 0.3 is 0 Å². The molecule has 1 aliphatic rings. The average Bonchev–Trinajstić information content (AvgIpc) is 3.52. The first-order valence-corrected chi connectivity index (χ1v) is 15.5. The number of hydrogen-bond donors (Lipinski definition) is 1. The summed E-state index contributed by atoms with van der Waals surface area (Å²) in [4.78, 5) is 33.8. The van der Waals surface area contributed by atoms with E-state index in [0.29, 0.717) is 55.6 Å². The Bertz CT molecular complexity index is 2180. The average molecular weight is 635 g/mol. The Hall–Kier alpha value is -5.35. The van der Waals surface area contributed by atoms with Gasteiger partial charge in [-0.1, -0.05) is 53.8 Å². The molecule has 0 aliphatic carbocycles. The van der Waals surface area contributed by atoms with Crippen molar-refractivity contribution in [1.82, 2.24) is 9.13 Å². The van der Waals surface area contributed by atoms with Crippen molar-refractivity contribution in [3.63, 3.8) is 0 Å². The molecule has 234 valence electrons. The Morgan fingerprint density at radius 2 is 1.67 bits per heavy atom. The van der Waals surface area contributed by atoms with Crippen molar-refractivity contribution in [3.05, 3.63) is 127 Å². The van der Waals surface area contributed by atoms with E-state index in [-0.39, 0.29) is 11.5 Å². The summed E-state index contributed by atoms with van der Waals surface area (Å²) in [5.41, 5.74) is 4.82. The minimum atomic E-state index is -0.834. The number of fused-ring (bicyclic) bond motifs is 2. The molecular weight excluding hydrogens is 600 g/mol. The Balaban J connectivity index is 1.60. The first-order chi connectivity index (χ1) is 22.3. The lowest BCUT2D eigenvalue weighted by Gasteiger charge is -2.26. The lowest BCUT2D eigenvalue weighted by atomic mass is 9.94. The number of rotatable bonds is 9. The number of methoxy groups -OCH3 is 3. The first-order valence-electron chi connectivity index (χ1n) is 14.7. The highest BCUT2D eigenvalue weighted by molar-refractivity contribution is 7.07. The SMILES string of the molecule is C=CCn1c(C)c(/C=c2\sc3n(c2=O)[C@@H](c2cc(OC)c(OC)c(OC)c2)C(C(=O)Nc2ccccc2)=C(C)N=3)c2ccccc21. The fourth-order valence-corrected chi connectivity index (χ4v) is 7.07. The van der Waals surface area contributed by atoms with E-state index in [1.807, 2.05) is 61.5 Å². The summed E-state index contributed by atoms with van der Waals surface area (Å²) in [6.45, 7) is 8.40. The quantitative estimate of drug-likeness (QED) is 0.221. The number of allylic oxidation sites excluding steroid dienone is 2. The second-order valence-corrected chi connectivity index (χ2v) is 11.8. The van der Waals surface area contributed by atoms with E-state index in [1.165, 1.54) is 32.7 Å². The molecule has 5 aromatic rings. The Labute approximate surface area is 270 Å². The van der Waals surface area contributed by atoms with Crippen LogP contribution in [-0.4, -0.2) is 36.4 Å². The van der Waals surface area contributed by atoms with E-state index in [2.05, 4.69) is 28.6 Å². The molecule has 9 nitrogen and oxygen atoms in total. The number of carbonyl (C=O) groups is 1. The number of thiazole rings is 1. The Morgan fingerprint density at radius 1 is 1.00 bits per heavy atom. The molecule has 0 saturated carbocycles. The normalized spacial score (nSPS) is 14.5. The van der Waals surface area contributed by atoms with Crippen molar-refractivity contribution in [1.29, 1.82) is 0 Å². The van der Waals surface area contributed by atoms with Crippen molar-refractivity contribution in [3.8, 4) is 17.2 Å². The van der Waals surface area contributed by atoms with Crippen LogP contribution in [0.15, 0.2) is 100 Å². The number of hydrogen-bond acceptors (Lipinski definition) is 7. The highest BCUT2D eigenvalue weighted by Crippen LogP contribution is 2.42. The van der Waals surface area contributed by atoms with Crippen LogP contribution < -0.4 is 34.4 Å². The summed E-state index contributed by atoms with van der Waals surface area (Å²) in [7, 11) is 4.59. The number of para-hydroxylation sites is 2. The summed E-state index contributed by atoms with van der Waals surface area (Å²) in [6.07, 6.45) is 3.79. The standard InChI is InChI=1S/C36H34N4O5S/c1-7-17-39-22(3)26(25-15-11-12-16-27(25)39)20-30-35(42)40-32(23-18-28(43-4)33(45-6)29(19-23)44-5)31(21(2)37-36(40)46-30)34(41)38-24-13-9-8-10-14-24/h7-16,18-20,32H,1,17H2,2-6H3,(H,38,41)/b30-20-/t32-/m0/s1. The molecule has 10 heteroatoms. The number of aromatic nitrogens is 2. The number of amides is 1. The summed E-state index contributed by atoms with van der Waals surface area (Å²) in [5, 5.41) is 4.02. The number of anilines is 1. The van der Waals surface area contributed by atoms with E-state index in [9.17, 15) is 9.59 Å². The van der Waals surface area contributed by atoms with Gasteiger partial charge in [-0.2, -0.15) is 0 Å². The maximum absolute atomic E-state index is 14.5. The third kappa shape index (κ3) is 5.20. The van der Waals surface area contributed by atoms with Gasteiger partial charge in [0.15, 0.2) is 16.3 Å². The molecule has 0 saturated heterocycles. The van der Waals surface area contributed by atoms with Gasteiger partial charge in [0, 0.05) is 34.4 Å². The highest BCUT2D eigenvalue weighted by Gasteiger charge is 2.34. The molecular formula is C36H34N4O5S.